The number of carbonyl (C=O) groups is 1. The lowest BCUT2D eigenvalue weighted by atomic mass is 9.84. The van der Waals surface area contributed by atoms with E-state index in [0.29, 0.717) is 18.0 Å². The van der Waals surface area contributed by atoms with E-state index in [0.717, 1.165) is 19.4 Å². The van der Waals surface area contributed by atoms with Gasteiger partial charge >= 0.3 is 0 Å². The third-order valence-corrected chi connectivity index (χ3v) is 5.47. The van der Waals surface area contributed by atoms with E-state index in [4.69, 9.17) is 0 Å². The molecule has 2 saturated carbocycles. The highest BCUT2D eigenvalue weighted by atomic mass is 16.2. The van der Waals surface area contributed by atoms with Gasteiger partial charge in [-0.1, -0.05) is 26.7 Å². The molecule has 0 atom stereocenters. The first kappa shape index (κ1) is 15.8. The average molecular weight is 280 g/mol. The van der Waals surface area contributed by atoms with Gasteiger partial charge in [-0.05, 0) is 51.5 Å². The molecule has 2 fully saturated rings. The third kappa shape index (κ3) is 3.55. The Kier molecular flexibility index (Phi) is 5.48. The predicted octanol–water partition coefficient (Wildman–Crippen LogP) is 3.34. The van der Waals surface area contributed by atoms with E-state index in [9.17, 15) is 4.79 Å². The molecule has 3 heteroatoms. The van der Waals surface area contributed by atoms with Crippen molar-refractivity contribution in [3.05, 3.63) is 0 Å². The van der Waals surface area contributed by atoms with Crippen LogP contribution < -0.4 is 5.32 Å². The van der Waals surface area contributed by atoms with Crippen LogP contribution in [-0.4, -0.2) is 36.5 Å². The number of nitrogens with zero attached hydrogens (tertiary/aromatic N) is 1. The van der Waals surface area contributed by atoms with Gasteiger partial charge in [-0.25, -0.2) is 0 Å². The van der Waals surface area contributed by atoms with Crippen LogP contribution in [0.4, 0.5) is 0 Å². The van der Waals surface area contributed by atoms with Crippen LogP contribution in [0.1, 0.15) is 71.6 Å². The largest absolute Gasteiger partial charge is 0.342 e. The molecule has 0 unspecified atom stereocenters. The van der Waals surface area contributed by atoms with Crippen molar-refractivity contribution in [1.29, 1.82) is 0 Å². The summed E-state index contributed by atoms with van der Waals surface area (Å²) in [6.07, 6.45) is 10.6. The number of rotatable bonds is 5. The molecule has 2 rings (SSSR count). The molecule has 0 spiro atoms. The zero-order valence-corrected chi connectivity index (χ0v) is 13.6. The second kappa shape index (κ2) is 6.93. The van der Waals surface area contributed by atoms with Crippen molar-refractivity contribution in [2.45, 2.75) is 83.7 Å². The first-order valence-corrected chi connectivity index (χ1v) is 8.57. The molecule has 0 aromatic rings. The number of nitrogens with one attached hydrogen (secondary N) is 1. The summed E-state index contributed by atoms with van der Waals surface area (Å²) in [6, 6.07) is 1.15. The summed E-state index contributed by atoms with van der Waals surface area (Å²) >= 11 is 0. The molecule has 1 N–H and O–H groups in total. The monoisotopic (exact) mass is 280 g/mol. The molecule has 2 aliphatic rings. The fraction of sp³-hybridized carbons (Fsp3) is 0.941. The normalized spacial score (nSPS) is 29.4. The average Bonchev–Trinajstić information content (AvgIpc) is 2.92. The lowest BCUT2D eigenvalue weighted by Crippen LogP contribution is -2.47. The van der Waals surface area contributed by atoms with Crippen LogP contribution in [0, 0.1) is 5.41 Å². The van der Waals surface area contributed by atoms with Gasteiger partial charge < -0.3 is 10.2 Å². The Bertz CT molecular complexity index is 315. The molecular formula is C17H32N2O. The van der Waals surface area contributed by atoms with Crippen molar-refractivity contribution in [1.82, 2.24) is 10.2 Å². The number of amides is 1. The van der Waals surface area contributed by atoms with E-state index in [1.165, 1.54) is 44.9 Å². The minimum absolute atomic E-state index is 0.0634. The fourth-order valence-electron chi connectivity index (χ4n) is 3.98. The van der Waals surface area contributed by atoms with Crippen molar-refractivity contribution in [3.8, 4) is 0 Å². The zero-order valence-electron chi connectivity index (χ0n) is 13.6. The summed E-state index contributed by atoms with van der Waals surface area (Å²) in [5.74, 6) is 0.403. The van der Waals surface area contributed by atoms with E-state index in [1.54, 1.807) is 0 Å². The first-order valence-electron chi connectivity index (χ1n) is 8.57. The summed E-state index contributed by atoms with van der Waals surface area (Å²) in [6.45, 7) is 5.52. The van der Waals surface area contributed by atoms with E-state index in [2.05, 4.69) is 24.1 Å². The van der Waals surface area contributed by atoms with Gasteiger partial charge in [0.25, 0.3) is 0 Å². The number of hydrogen-bond donors (Lipinski definition) is 1. The van der Waals surface area contributed by atoms with Gasteiger partial charge in [0, 0.05) is 24.5 Å². The lowest BCUT2D eigenvalue weighted by molar-refractivity contribution is -0.142. The molecule has 0 bridgehead atoms. The standard InChI is InChI=1S/C17H32N2O/c1-4-13-18-14-7-9-15(10-8-14)19(3)16(20)17(2)11-5-6-12-17/h14-15,18H,4-13H2,1-3H3. The van der Waals surface area contributed by atoms with E-state index >= 15 is 0 Å². The van der Waals surface area contributed by atoms with Gasteiger partial charge in [0.15, 0.2) is 0 Å². The number of hydrogen-bond acceptors (Lipinski definition) is 2. The van der Waals surface area contributed by atoms with E-state index in [1.807, 2.05) is 7.05 Å². The molecule has 1 amide bonds. The summed E-state index contributed by atoms with van der Waals surface area (Å²) in [4.78, 5) is 14.8. The minimum Gasteiger partial charge on any atom is -0.342 e. The molecule has 20 heavy (non-hydrogen) atoms. The quantitative estimate of drug-likeness (QED) is 0.837. The Morgan fingerprint density at radius 3 is 2.35 bits per heavy atom. The second-order valence-corrected chi connectivity index (χ2v) is 7.14. The van der Waals surface area contributed by atoms with Gasteiger partial charge in [0.2, 0.25) is 5.91 Å². The molecule has 0 aliphatic heterocycles. The maximum absolute atomic E-state index is 12.7. The zero-order chi connectivity index (χ0) is 14.6. The van der Waals surface area contributed by atoms with Crippen molar-refractivity contribution < 1.29 is 4.79 Å². The van der Waals surface area contributed by atoms with Crippen LogP contribution in [0.5, 0.6) is 0 Å². The van der Waals surface area contributed by atoms with Crippen LogP contribution in [0.15, 0.2) is 0 Å². The summed E-state index contributed by atoms with van der Waals surface area (Å²) in [5.41, 5.74) is -0.0634. The van der Waals surface area contributed by atoms with Crippen LogP contribution in [0.2, 0.25) is 0 Å². The summed E-state index contributed by atoms with van der Waals surface area (Å²) in [5, 5.41) is 3.62. The van der Waals surface area contributed by atoms with Crippen LogP contribution in [0.25, 0.3) is 0 Å². The highest BCUT2D eigenvalue weighted by molar-refractivity contribution is 5.82. The smallest absolute Gasteiger partial charge is 0.228 e. The summed E-state index contributed by atoms with van der Waals surface area (Å²) < 4.78 is 0. The topological polar surface area (TPSA) is 32.3 Å². The van der Waals surface area contributed by atoms with Gasteiger partial charge in [0.05, 0.1) is 0 Å². The molecule has 0 heterocycles. The van der Waals surface area contributed by atoms with Gasteiger partial charge in [-0.2, -0.15) is 0 Å². The van der Waals surface area contributed by atoms with Gasteiger partial charge in [0.1, 0.15) is 0 Å². The third-order valence-electron chi connectivity index (χ3n) is 5.47. The number of carbonyl (C=O) groups excluding carboxylic acids is 1. The van der Waals surface area contributed by atoms with E-state index < -0.39 is 0 Å². The molecular weight excluding hydrogens is 248 g/mol. The van der Waals surface area contributed by atoms with Crippen LogP contribution in [0.3, 0.4) is 0 Å². The van der Waals surface area contributed by atoms with Crippen molar-refractivity contribution in [3.63, 3.8) is 0 Å². The highest BCUT2D eigenvalue weighted by Crippen LogP contribution is 2.40. The van der Waals surface area contributed by atoms with Crippen molar-refractivity contribution >= 4 is 5.91 Å². The lowest BCUT2D eigenvalue weighted by Gasteiger charge is -2.38. The maximum atomic E-state index is 12.7. The Morgan fingerprint density at radius 1 is 1.20 bits per heavy atom. The Morgan fingerprint density at radius 2 is 1.80 bits per heavy atom. The van der Waals surface area contributed by atoms with Crippen LogP contribution >= 0.6 is 0 Å². The van der Waals surface area contributed by atoms with Crippen LogP contribution in [-0.2, 0) is 4.79 Å². The minimum atomic E-state index is -0.0634. The maximum Gasteiger partial charge on any atom is 0.228 e. The Balaban J connectivity index is 1.82. The molecule has 0 aromatic heterocycles. The van der Waals surface area contributed by atoms with Gasteiger partial charge in [-0.15, -0.1) is 0 Å². The van der Waals surface area contributed by atoms with Crippen molar-refractivity contribution in [2.75, 3.05) is 13.6 Å². The van der Waals surface area contributed by atoms with E-state index in [-0.39, 0.29) is 5.41 Å². The summed E-state index contributed by atoms with van der Waals surface area (Å²) in [7, 11) is 2.04. The Hall–Kier alpha value is -0.570. The Labute approximate surface area is 124 Å². The highest BCUT2D eigenvalue weighted by Gasteiger charge is 2.40. The molecule has 116 valence electrons. The van der Waals surface area contributed by atoms with Crippen molar-refractivity contribution in [2.24, 2.45) is 5.41 Å². The van der Waals surface area contributed by atoms with Gasteiger partial charge in [-0.3, -0.25) is 4.79 Å². The SMILES string of the molecule is CCCNC1CCC(N(C)C(=O)C2(C)CCCC2)CC1. The molecule has 3 nitrogen and oxygen atoms in total. The molecule has 0 saturated heterocycles. The molecule has 0 aromatic carbocycles. The second-order valence-electron chi connectivity index (χ2n) is 7.14. The fourth-order valence-corrected chi connectivity index (χ4v) is 3.98. The molecule has 0 radical (unpaired) electrons. The first-order chi connectivity index (χ1) is 9.57. The predicted molar refractivity (Wildman–Crippen MR) is 83.7 cm³/mol. The molecule has 2 aliphatic carbocycles.